The summed E-state index contributed by atoms with van der Waals surface area (Å²) in [6, 6.07) is 15.4. The Morgan fingerprint density at radius 1 is 0.655 bits per heavy atom. The summed E-state index contributed by atoms with van der Waals surface area (Å²) in [7, 11) is -10.1. The topological polar surface area (TPSA) is 326 Å². The Balaban J connectivity index is 1.33. The summed E-state index contributed by atoms with van der Waals surface area (Å²) >= 11 is 0.603. The van der Waals surface area contributed by atoms with E-state index in [1.807, 2.05) is 0 Å². The van der Waals surface area contributed by atoms with Gasteiger partial charge in [-0.1, -0.05) is 46.5 Å². The van der Waals surface area contributed by atoms with E-state index in [2.05, 4.69) is 48.1 Å². The number of nitrogens with zero attached hydrogens (tertiary/aromatic N) is 1. The Morgan fingerprint density at radius 2 is 1.21 bits per heavy atom. The second-order valence-electron chi connectivity index (χ2n) is 12.4. The summed E-state index contributed by atoms with van der Waals surface area (Å²) in [4.78, 5) is 32.1. The molecule has 7 rings (SSSR count). The van der Waals surface area contributed by atoms with Crippen molar-refractivity contribution in [3.63, 3.8) is 0 Å². The van der Waals surface area contributed by atoms with E-state index in [0.29, 0.717) is 52.2 Å². The lowest BCUT2D eigenvalue weighted by Crippen LogP contribution is -2.55. The Morgan fingerprint density at radius 3 is 1.79 bits per heavy atom. The Labute approximate surface area is 333 Å². The molecule has 27 heteroatoms. The molecule has 0 spiro atoms. The highest BCUT2D eigenvalue weighted by Gasteiger charge is 2.42. The minimum atomic E-state index is -5.06. The minimum Gasteiger partial charge on any atom is -0.506 e. The number of aliphatic hydroxyl groups excluding tert-OH is 1. The number of hydrogen-bond acceptors (Lipinski definition) is 23. The van der Waals surface area contributed by atoms with Crippen molar-refractivity contribution in [1.82, 2.24) is 0 Å². The molecule has 0 atom stereocenters. The predicted octanol–water partition coefficient (Wildman–Crippen LogP) is 2.18. The summed E-state index contributed by atoms with van der Waals surface area (Å²) in [5.74, 6) is -2.68. The first kappa shape index (κ1) is 41.6. The molecule has 4 aromatic rings. The van der Waals surface area contributed by atoms with Gasteiger partial charge in [0.25, 0.3) is 0 Å². The lowest BCUT2D eigenvalue weighted by Gasteiger charge is -2.40. The first-order valence-electron chi connectivity index (χ1n) is 15.9. The average molecular weight is 887 g/mol. The zero-order valence-corrected chi connectivity index (χ0v) is 31.9. The fourth-order valence-corrected chi connectivity index (χ4v) is 8.10. The van der Waals surface area contributed by atoms with Crippen molar-refractivity contribution in [2.75, 3.05) is 42.4 Å². The number of carbonyl (C=O) groups excluding carboxylic acids is 2. The van der Waals surface area contributed by atoms with Crippen molar-refractivity contribution in [3.8, 4) is 0 Å². The average Bonchev–Trinajstić information content (AvgIpc) is 3.39. The van der Waals surface area contributed by atoms with E-state index in [1.165, 1.54) is 30.3 Å². The minimum absolute atomic E-state index is 0.0863. The molecule has 23 nitrogen and oxygen atoms in total. The van der Waals surface area contributed by atoms with Crippen LogP contribution in [0.15, 0.2) is 71.4 Å². The van der Waals surface area contributed by atoms with Gasteiger partial charge in [0.2, 0.25) is 11.6 Å². The third-order valence-electron chi connectivity index (χ3n) is 8.90. The fraction of sp³-hybridized carbons (Fsp3) is 0.194. The summed E-state index contributed by atoms with van der Waals surface area (Å²) in [6.45, 7) is -2.43. The van der Waals surface area contributed by atoms with Crippen LogP contribution in [0, 0.1) is 0 Å². The zero-order valence-electron chi connectivity index (χ0n) is 28.6. The number of allylic oxidation sites excluding steroid dienone is 2. The summed E-state index contributed by atoms with van der Waals surface area (Å²) in [6.07, 6.45) is 0. The van der Waals surface area contributed by atoms with E-state index in [-0.39, 0.29) is 51.6 Å². The quantitative estimate of drug-likeness (QED) is 0.0188. The first-order valence-corrected chi connectivity index (χ1v) is 20.0. The van der Waals surface area contributed by atoms with Crippen LogP contribution in [0.2, 0.25) is 0 Å². The van der Waals surface area contributed by atoms with Crippen LogP contribution in [0.3, 0.4) is 0 Å². The number of hydrogen-bond donors (Lipinski definition) is 8. The molecule has 0 saturated heterocycles. The maximum Gasteiger partial charge on any atom is 0.397 e. The van der Waals surface area contributed by atoms with Gasteiger partial charge >= 0.3 is 20.8 Å². The van der Waals surface area contributed by atoms with Crippen LogP contribution in [-0.4, -0.2) is 90.9 Å². The van der Waals surface area contributed by atoms with Gasteiger partial charge in [0.15, 0.2) is 36.0 Å². The largest absolute Gasteiger partial charge is 0.506 e. The molecule has 4 aromatic carbocycles. The second-order valence-corrected chi connectivity index (χ2v) is 15.6. The molecule has 0 amide bonds. The van der Waals surface area contributed by atoms with Crippen molar-refractivity contribution >= 4 is 107 Å². The van der Waals surface area contributed by atoms with Crippen LogP contribution in [-0.2, 0) is 65.9 Å². The molecule has 8 N–H and O–H groups in total. The van der Waals surface area contributed by atoms with Gasteiger partial charge in [-0.15, -0.1) is 8.67 Å². The third kappa shape index (κ3) is 8.33. The highest BCUT2D eigenvalue weighted by Crippen LogP contribution is 2.44. The van der Waals surface area contributed by atoms with Crippen molar-refractivity contribution < 1.29 is 86.6 Å². The molecule has 0 saturated carbocycles. The van der Waals surface area contributed by atoms with Crippen molar-refractivity contribution in [3.05, 3.63) is 82.6 Å². The molecular weight excluding hydrogens is 861 g/mol. The molecule has 0 unspecified atom stereocenters. The fourth-order valence-electron chi connectivity index (χ4n) is 6.78. The molecular formula is C31H26N4O19S4. The van der Waals surface area contributed by atoms with E-state index in [0.717, 1.165) is 0 Å². The van der Waals surface area contributed by atoms with Crippen LogP contribution < -0.4 is 26.5 Å². The molecule has 1 aliphatic carbocycles. The van der Waals surface area contributed by atoms with Crippen LogP contribution in [0.25, 0.3) is 32.7 Å². The molecule has 58 heavy (non-hydrogen) atoms. The van der Waals surface area contributed by atoms with Gasteiger partial charge in [-0.3, -0.25) is 32.1 Å². The third-order valence-corrected chi connectivity index (χ3v) is 10.4. The Kier molecular flexibility index (Phi) is 11.7. The second kappa shape index (κ2) is 16.3. The van der Waals surface area contributed by atoms with Crippen LogP contribution in [0.1, 0.15) is 5.56 Å². The number of anilines is 3. The molecule has 308 valence electrons. The van der Waals surface area contributed by atoms with Crippen molar-refractivity contribution in [2.45, 2.75) is 11.3 Å². The number of carbonyl (C=O) groups is 2. The zero-order chi connectivity index (χ0) is 41.5. The van der Waals surface area contributed by atoms with Crippen LogP contribution in [0.4, 0.5) is 17.1 Å². The van der Waals surface area contributed by atoms with Gasteiger partial charge in [0, 0.05) is 27.8 Å². The van der Waals surface area contributed by atoms with Crippen molar-refractivity contribution in [1.29, 1.82) is 0 Å². The van der Waals surface area contributed by atoms with E-state index in [9.17, 15) is 40.6 Å². The van der Waals surface area contributed by atoms with Crippen LogP contribution >= 0.6 is 24.6 Å². The number of aliphatic hydroxyl groups is 1. The lowest BCUT2D eigenvalue weighted by atomic mass is 9.92. The van der Waals surface area contributed by atoms with Gasteiger partial charge in [-0.25, -0.2) is 18.9 Å². The number of nitrogens with one attached hydrogen (secondary N) is 3. The van der Waals surface area contributed by atoms with Gasteiger partial charge < -0.3 is 21.1 Å². The highest BCUT2D eigenvalue weighted by molar-refractivity contribution is 7.90. The van der Waals surface area contributed by atoms with E-state index < -0.39 is 62.7 Å². The maximum absolute atomic E-state index is 13.8. The first-order chi connectivity index (χ1) is 27.6. The normalized spacial score (nSPS) is 17.9. The number of Topliss-reactive ketones (excluding diaryl/α,β-unsaturated/α-hetero) is 2. The number of ketones is 2. The van der Waals surface area contributed by atoms with E-state index in [4.69, 9.17) is 18.9 Å². The smallest absolute Gasteiger partial charge is 0.397 e. The monoisotopic (exact) mass is 886 g/mol. The van der Waals surface area contributed by atoms with E-state index >= 15 is 0 Å². The molecule has 3 aliphatic rings. The molecule has 0 aromatic heterocycles. The van der Waals surface area contributed by atoms with Gasteiger partial charge in [-0.05, 0) is 45.8 Å². The molecule has 2 aliphatic heterocycles. The summed E-state index contributed by atoms with van der Waals surface area (Å²) in [5, 5.41) is 46.8. The molecule has 0 bridgehead atoms. The SMILES string of the molecule is O=C1C(=O)/C(=c2\ccc3c4c(cccc24)NC(COS(=O)(=O)O)(COS(=O)(=O)O)N=3)C(O)=C1c1ccc2c3c(cccc13)NC(COSOOO)(COSOOO)N2. The summed E-state index contributed by atoms with van der Waals surface area (Å²) < 4.78 is 92.5. The van der Waals surface area contributed by atoms with Gasteiger partial charge in [-0.2, -0.15) is 16.8 Å². The van der Waals surface area contributed by atoms with Gasteiger partial charge in [0.05, 0.1) is 16.5 Å². The molecule has 2 heterocycles. The maximum atomic E-state index is 13.8. The van der Waals surface area contributed by atoms with Crippen LogP contribution in [0.5, 0.6) is 0 Å². The van der Waals surface area contributed by atoms with Crippen molar-refractivity contribution in [2.24, 2.45) is 4.99 Å². The lowest BCUT2D eigenvalue weighted by molar-refractivity contribution is -0.434. The number of benzene rings is 4. The highest BCUT2D eigenvalue weighted by atomic mass is 32.3. The predicted molar refractivity (Wildman–Crippen MR) is 200 cm³/mol. The van der Waals surface area contributed by atoms with E-state index in [1.54, 1.807) is 30.3 Å². The Bertz CT molecular complexity index is 2670. The van der Waals surface area contributed by atoms with Gasteiger partial charge in [0.1, 0.15) is 32.2 Å². The Hall–Kier alpha value is -4.53. The summed E-state index contributed by atoms with van der Waals surface area (Å²) in [5.41, 5.74) is -2.61. The standard InChI is InChI=1S/C31H26N4O19S4/c36-27-25(17-7-9-21-23-15(17)3-1-5-19(23)32-30(34-21,11-47-55-53-51-39)12-48-56-54-52-40)28(37)29(38)26(27)18-8-10-22-24-16(18)4-2-6-20(24)33-31(35-22,13-49-57(41,42)43)14-50-58(44,45)46/h1-10,32-34,36,39-40H,11-14H2,(H,41,42,43)(H,44,45,46)/b26-18+. The number of rotatable bonds is 17. The molecule has 0 fully saturated rings. The molecule has 0 radical (unpaired) electrons.